The van der Waals surface area contributed by atoms with Crippen LogP contribution in [0.4, 0.5) is 4.79 Å². The van der Waals surface area contributed by atoms with Crippen molar-refractivity contribution in [3.8, 4) is 0 Å². The van der Waals surface area contributed by atoms with Crippen molar-refractivity contribution in [3.05, 3.63) is 0 Å². The van der Waals surface area contributed by atoms with Crippen LogP contribution in [0.1, 0.15) is 47.0 Å². The minimum Gasteiger partial charge on any atom is -0.444 e. The van der Waals surface area contributed by atoms with Gasteiger partial charge >= 0.3 is 6.09 Å². The zero-order chi connectivity index (χ0) is 13.1. The van der Waals surface area contributed by atoms with Crippen molar-refractivity contribution in [2.24, 2.45) is 5.92 Å². The number of ketones is 1. The number of carbonyl (C=O) groups excluding carboxylic acids is 2. The van der Waals surface area contributed by atoms with Crippen LogP contribution < -0.4 is 0 Å². The summed E-state index contributed by atoms with van der Waals surface area (Å²) in [6, 6.07) is 0. The second kappa shape index (κ2) is 5.52. The van der Waals surface area contributed by atoms with Gasteiger partial charge in [-0.05, 0) is 40.5 Å². The highest BCUT2D eigenvalue weighted by molar-refractivity contribution is 5.79. The molecule has 0 spiro atoms. The average Bonchev–Trinajstić information content (AvgIpc) is 2.39. The van der Waals surface area contributed by atoms with Crippen LogP contribution in [0.25, 0.3) is 0 Å². The topological polar surface area (TPSA) is 46.6 Å². The first-order chi connectivity index (χ1) is 7.79. The first-order valence-corrected chi connectivity index (χ1v) is 6.28. The molecule has 0 aromatic rings. The number of likely N-dealkylation sites (tertiary alicyclic amines) is 1. The third-order valence-corrected chi connectivity index (χ3v) is 2.90. The minimum atomic E-state index is -0.477. The van der Waals surface area contributed by atoms with E-state index in [9.17, 15) is 9.59 Å². The molecule has 0 N–H and O–H groups in total. The highest BCUT2D eigenvalue weighted by Crippen LogP contribution is 2.19. The summed E-state index contributed by atoms with van der Waals surface area (Å²) in [4.78, 5) is 25.0. The fraction of sp³-hybridized carbons (Fsp3) is 0.846. The van der Waals surface area contributed by atoms with Gasteiger partial charge in [0.2, 0.25) is 0 Å². The lowest BCUT2D eigenvalue weighted by Crippen LogP contribution is -2.40. The Labute approximate surface area is 103 Å². The van der Waals surface area contributed by atoms with E-state index in [2.05, 4.69) is 0 Å². The first-order valence-electron chi connectivity index (χ1n) is 6.28. The highest BCUT2D eigenvalue weighted by atomic mass is 16.6. The Morgan fingerprint density at radius 3 is 2.41 bits per heavy atom. The molecular weight excluding hydrogens is 218 g/mol. The number of hydrogen-bond donors (Lipinski definition) is 0. The van der Waals surface area contributed by atoms with Gasteiger partial charge in [-0.3, -0.25) is 4.79 Å². The van der Waals surface area contributed by atoms with Crippen LogP contribution in [0.3, 0.4) is 0 Å². The number of ether oxygens (including phenoxy) is 1. The maximum Gasteiger partial charge on any atom is 0.410 e. The third kappa shape index (κ3) is 4.75. The Kier molecular flexibility index (Phi) is 4.54. The van der Waals surface area contributed by atoms with E-state index in [1.54, 1.807) is 11.8 Å². The summed E-state index contributed by atoms with van der Waals surface area (Å²) in [5.74, 6) is 0.144. The SMILES string of the molecule is CC(=O)[C@@H]1CCCCN(C(=O)OC(C)(C)C)C1. The minimum absolute atomic E-state index is 0.0231. The van der Waals surface area contributed by atoms with Gasteiger partial charge in [-0.1, -0.05) is 6.42 Å². The Balaban J connectivity index is 2.62. The summed E-state index contributed by atoms with van der Waals surface area (Å²) >= 11 is 0. The van der Waals surface area contributed by atoms with Crippen LogP contribution in [0, 0.1) is 5.92 Å². The molecule has 1 heterocycles. The molecule has 1 saturated heterocycles. The number of Topliss-reactive ketones (excluding diaryl/α,β-unsaturated/α-hetero) is 1. The van der Waals surface area contributed by atoms with Gasteiger partial charge in [-0.15, -0.1) is 0 Å². The maximum atomic E-state index is 11.9. The van der Waals surface area contributed by atoms with Crippen LogP contribution in [0.2, 0.25) is 0 Å². The first kappa shape index (κ1) is 14.0. The van der Waals surface area contributed by atoms with Gasteiger partial charge in [0.05, 0.1) is 0 Å². The van der Waals surface area contributed by atoms with Crippen LogP contribution in [-0.2, 0) is 9.53 Å². The molecule has 0 radical (unpaired) electrons. The van der Waals surface area contributed by atoms with Gasteiger partial charge in [0.1, 0.15) is 11.4 Å². The van der Waals surface area contributed by atoms with Crippen LogP contribution in [-0.4, -0.2) is 35.5 Å². The lowest BCUT2D eigenvalue weighted by atomic mass is 10.00. The predicted molar refractivity (Wildman–Crippen MR) is 65.8 cm³/mol. The predicted octanol–water partition coefficient (Wildman–Crippen LogP) is 2.61. The van der Waals surface area contributed by atoms with Gasteiger partial charge in [-0.25, -0.2) is 4.79 Å². The molecule has 0 aliphatic carbocycles. The molecular formula is C13H23NO3. The van der Waals surface area contributed by atoms with E-state index in [0.29, 0.717) is 13.1 Å². The van der Waals surface area contributed by atoms with Crippen LogP contribution in [0.15, 0.2) is 0 Å². The number of rotatable bonds is 1. The molecule has 0 aromatic carbocycles. The second-order valence-corrected chi connectivity index (χ2v) is 5.73. The Bertz CT molecular complexity index is 294. The average molecular weight is 241 g/mol. The largest absolute Gasteiger partial charge is 0.444 e. The quantitative estimate of drug-likeness (QED) is 0.709. The molecule has 17 heavy (non-hydrogen) atoms. The van der Waals surface area contributed by atoms with Crippen molar-refractivity contribution in [2.75, 3.05) is 13.1 Å². The van der Waals surface area contributed by atoms with E-state index in [4.69, 9.17) is 4.74 Å². The van der Waals surface area contributed by atoms with Crippen molar-refractivity contribution < 1.29 is 14.3 Å². The van der Waals surface area contributed by atoms with Crippen molar-refractivity contribution in [2.45, 2.75) is 52.6 Å². The summed E-state index contributed by atoms with van der Waals surface area (Å²) in [5, 5.41) is 0. The number of hydrogen-bond acceptors (Lipinski definition) is 3. The van der Waals surface area contributed by atoms with E-state index < -0.39 is 5.60 Å². The highest BCUT2D eigenvalue weighted by Gasteiger charge is 2.27. The Morgan fingerprint density at radius 1 is 1.24 bits per heavy atom. The molecule has 1 aliphatic heterocycles. The second-order valence-electron chi connectivity index (χ2n) is 5.73. The normalized spacial score (nSPS) is 21.9. The van der Waals surface area contributed by atoms with Gasteiger partial charge < -0.3 is 9.64 Å². The Morgan fingerprint density at radius 2 is 1.88 bits per heavy atom. The molecule has 0 aromatic heterocycles. The molecule has 1 fully saturated rings. The van der Waals surface area contributed by atoms with Crippen molar-refractivity contribution in [3.63, 3.8) is 0 Å². The van der Waals surface area contributed by atoms with E-state index >= 15 is 0 Å². The van der Waals surface area contributed by atoms with Crippen molar-refractivity contribution in [1.29, 1.82) is 0 Å². The van der Waals surface area contributed by atoms with Crippen molar-refractivity contribution in [1.82, 2.24) is 4.90 Å². The molecule has 4 nitrogen and oxygen atoms in total. The number of nitrogens with zero attached hydrogens (tertiary/aromatic N) is 1. The van der Waals surface area contributed by atoms with Gasteiger partial charge in [0.15, 0.2) is 0 Å². The monoisotopic (exact) mass is 241 g/mol. The van der Waals surface area contributed by atoms with E-state index in [1.165, 1.54) is 0 Å². The standard InChI is InChI=1S/C13H23NO3/c1-10(15)11-7-5-6-8-14(9-11)12(16)17-13(2,3)4/h11H,5-9H2,1-4H3/t11-/m1/s1. The molecule has 1 rings (SSSR count). The summed E-state index contributed by atoms with van der Waals surface area (Å²) < 4.78 is 5.34. The van der Waals surface area contributed by atoms with Crippen LogP contribution in [0.5, 0.6) is 0 Å². The fourth-order valence-electron chi connectivity index (χ4n) is 1.97. The molecule has 1 atom stereocenters. The summed E-state index contributed by atoms with van der Waals surface area (Å²) in [6.45, 7) is 8.35. The molecule has 98 valence electrons. The van der Waals surface area contributed by atoms with Gasteiger partial charge in [0.25, 0.3) is 0 Å². The third-order valence-electron chi connectivity index (χ3n) is 2.90. The van der Waals surface area contributed by atoms with Gasteiger partial charge in [-0.2, -0.15) is 0 Å². The van der Waals surface area contributed by atoms with E-state index in [0.717, 1.165) is 19.3 Å². The summed E-state index contributed by atoms with van der Waals surface area (Å²) in [5.41, 5.74) is -0.477. The maximum absolute atomic E-state index is 11.9. The molecule has 1 aliphatic rings. The fourth-order valence-corrected chi connectivity index (χ4v) is 1.97. The molecule has 0 saturated carbocycles. The zero-order valence-corrected chi connectivity index (χ0v) is 11.3. The smallest absolute Gasteiger partial charge is 0.410 e. The molecule has 1 amide bonds. The number of carbonyl (C=O) groups is 2. The van der Waals surface area contributed by atoms with E-state index in [1.807, 2.05) is 20.8 Å². The lowest BCUT2D eigenvalue weighted by Gasteiger charge is -2.27. The Hall–Kier alpha value is -1.06. The van der Waals surface area contributed by atoms with Gasteiger partial charge in [0, 0.05) is 19.0 Å². The summed E-state index contributed by atoms with van der Waals surface area (Å²) in [7, 11) is 0. The molecule has 0 unspecified atom stereocenters. The zero-order valence-electron chi connectivity index (χ0n) is 11.3. The molecule has 0 bridgehead atoms. The number of amides is 1. The van der Waals surface area contributed by atoms with Crippen molar-refractivity contribution >= 4 is 11.9 Å². The van der Waals surface area contributed by atoms with Crippen LogP contribution >= 0.6 is 0 Å². The summed E-state index contributed by atoms with van der Waals surface area (Å²) in [6.07, 6.45) is 2.53. The van der Waals surface area contributed by atoms with E-state index in [-0.39, 0.29) is 17.8 Å². The lowest BCUT2D eigenvalue weighted by molar-refractivity contribution is -0.121. The molecule has 4 heteroatoms.